The summed E-state index contributed by atoms with van der Waals surface area (Å²) in [5.41, 5.74) is 0. The molecule has 0 aromatic heterocycles. The number of ketones is 1. The molecule has 15 heavy (non-hydrogen) atoms. The minimum absolute atomic E-state index is 0.0517. The van der Waals surface area contributed by atoms with Gasteiger partial charge < -0.3 is 24.9 Å². The van der Waals surface area contributed by atoms with Crippen molar-refractivity contribution in [2.24, 2.45) is 5.92 Å². The molecule has 0 spiro atoms. The van der Waals surface area contributed by atoms with Crippen LogP contribution in [0.3, 0.4) is 0 Å². The lowest BCUT2D eigenvalue weighted by atomic mass is 9.84. The Hall–Kier alpha value is -0.490. The van der Waals surface area contributed by atoms with E-state index in [1.807, 2.05) is 0 Å². The summed E-state index contributed by atoms with van der Waals surface area (Å²) in [5, 5.41) is 28.3. The van der Waals surface area contributed by atoms with Crippen LogP contribution in [0.15, 0.2) is 0 Å². The van der Waals surface area contributed by atoms with E-state index in [1.54, 1.807) is 6.92 Å². The second-order valence-corrected chi connectivity index (χ2v) is 4.11. The van der Waals surface area contributed by atoms with E-state index in [1.165, 1.54) is 6.92 Å². The van der Waals surface area contributed by atoms with Gasteiger partial charge in [0.25, 0.3) is 0 Å². The molecule has 1 fully saturated rings. The van der Waals surface area contributed by atoms with Crippen molar-refractivity contribution < 1.29 is 24.9 Å². The molecule has 0 saturated carbocycles. The molecule has 0 bridgehead atoms. The molecule has 5 nitrogen and oxygen atoms in total. The van der Waals surface area contributed by atoms with Gasteiger partial charge in [-0.1, -0.05) is 0 Å². The molecule has 0 aliphatic carbocycles. The summed E-state index contributed by atoms with van der Waals surface area (Å²) >= 11 is 0. The molecule has 88 valence electrons. The molecule has 0 aromatic rings. The zero-order valence-corrected chi connectivity index (χ0v) is 8.96. The number of hydrogen-bond acceptors (Lipinski definition) is 5. The number of carbonyl (C=O) groups is 1. The van der Waals surface area contributed by atoms with E-state index in [-0.39, 0.29) is 24.9 Å². The Morgan fingerprint density at radius 2 is 1.93 bits per heavy atom. The lowest BCUT2D eigenvalue weighted by Gasteiger charge is -2.41. The standard InChI is InChI=1S/C10H18O5/c1-5(12)3-7-6(2)15-8(4-11)10(14)9(7)13/h6-11,13-14H,3-4H2,1-2H3/t6-,7?,8?,9?,10-/m0/s1. The summed E-state index contributed by atoms with van der Waals surface area (Å²) in [4.78, 5) is 11.0. The maximum Gasteiger partial charge on any atom is 0.130 e. The predicted octanol–water partition coefficient (Wildman–Crippen LogP) is -0.917. The first kappa shape index (κ1) is 12.6. The van der Waals surface area contributed by atoms with Crippen molar-refractivity contribution in [2.45, 2.75) is 44.7 Å². The van der Waals surface area contributed by atoms with E-state index in [4.69, 9.17) is 9.84 Å². The van der Waals surface area contributed by atoms with Crippen LogP contribution in [-0.4, -0.2) is 52.1 Å². The smallest absolute Gasteiger partial charge is 0.130 e. The Morgan fingerprint density at radius 1 is 1.33 bits per heavy atom. The largest absolute Gasteiger partial charge is 0.394 e. The van der Waals surface area contributed by atoms with Crippen LogP contribution in [0.4, 0.5) is 0 Å². The maximum absolute atomic E-state index is 11.0. The van der Waals surface area contributed by atoms with Crippen molar-refractivity contribution in [3.05, 3.63) is 0 Å². The van der Waals surface area contributed by atoms with Crippen LogP contribution in [0.2, 0.25) is 0 Å². The summed E-state index contributed by atoms with van der Waals surface area (Å²) in [5.74, 6) is -0.454. The fourth-order valence-electron chi connectivity index (χ4n) is 1.98. The van der Waals surface area contributed by atoms with E-state index < -0.39 is 24.2 Å². The van der Waals surface area contributed by atoms with Gasteiger partial charge in [0.1, 0.15) is 18.0 Å². The van der Waals surface area contributed by atoms with Gasteiger partial charge in [0.2, 0.25) is 0 Å². The molecule has 1 aliphatic rings. The topological polar surface area (TPSA) is 87.0 Å². The number of ether oxygens (including phenoxy) is 1. The van der Waals surface area contributed by atoms with Crippen molar-refractivity contribution >= 4 is 5.78 Å². The van der Waals surface area contributed by atoms with E-state index in [9.17, 15) is 15.0 Å². The lowest BCUT2D eigenvalue weighted by molar-refractivity contribution is -0.205. The number of carbonyl (C=O) groups excluding carboxylic acids is 1. The van der Waals surface area contributed by atoms with Gasteiger partial charge in [-0.3, -0.25) is 0 Å². The minimum Gasteiger partial charge on any atom is -0.394 e. The molecule has 1 rings (SSSR count). The van der Waals surface area contributed by atoms with Gasteiger partial charge in [-0.25, -0.2) is 0 Å². The molecular formula is C10H18O5. The third kappa shape index (κ3) is 2.75. The SMILES string of the molecule is CC(=O)CC1C(O)[C@@H](O)C(CO)O[C@H]1C. The summed E-state index contributed by atoms with van der Waals surface area (Å²) in [6.07, 6.45) is -3.08. The second-order valence-electron chi connectivity index (χ2n) is 4.11. The van der Waals surface area contributed by atoms with Crippen LogP contribution in [0.1, 0.15) is 20.3 Å². The number of Topliss-reactive ketones (excluding diaryl/α,β-unsaturated/α-hetero) is 1. The summed E-state index contributed by atoms with van der Waals surface area (Å²) in [6.45, 7) is 2.82. The molecule has 1 heterocycles. The highest BCUT2D eigenvalue weighted by Crippen LogP contribution is 2.28. The van der Waals surface area contributed by atoms with Gasteiger partial charge in [0, 0.05) is 12.3 Å². The molecule has 0 radical (unpaired) electrons. The van der Waals surface area contributed by atoms with Gasteiger partial charge in [-0.05, 0) is 13.8 Å². The van der Waals surface area contributed by atoms with Gasteiger partial charge in [0.05, 0.1) is 18.8 Å². The van der Waals surface area contributed by atoms with E-state index >= 15 is 0 Å². The number of hydrogen-bond donors (Lipinski definition) is 3. The van der Waals surface area contributed by atoms with Crippen molar-refractivity contribution in [3.63, 3.8) is 0 Å². The van der Waals surface area contributed by atoms with Crippen LogP contribution in [0, 0.1) is 5.92 Å². The average Bonchev–Trinajstić information content (AvgIpc) is 2.18. The zero-order valence-electron chi connectivity index (χ0n) is 8.96. The van der Waals surface area contributed by atoms with E-state index in [0.717, 1.165) is 0 Å². The molecule has 3 N–H and O–H groups in total. The summed E-state index contributed by atoms with van der Waals surface area (Å²) in [6, 6.07) is 0. The molecule has 0 aromatic carbocycles. The quantitative estimate of drug-likeness (QED) is 0.570. The highest BCUT2D eigenvalue weighted by Gasteiger charge is 2.42. The maximum atomic E-state index is 11.0. The zero-order chi connectivity index (χ0) is 11.6. The first-order valence-electron chi connectivity index (χ1n) is 5.09. The third-order valence-electron chi connectivity index (χ3n) is 2.86. The highest BCUT2D eigenvalue weighted by atomic mass is 16.5. The third-order valence-corrected chi connectivity index (χ3v) is 2.86. The van der Waals surface area contributed by atoms with Crippen LogP contribution >= 0.6 is 0 Å². The first-order valence-corrected chi connectivity index (χ1v) is 5.09. The van der Waals surface area contributed by atoms with Gasteiger partial charge >= 0.3 is 0 Å². The van der Waals surface area contributed by atoms with Crippen LogP contribution in [-0.2, 0) is 9.53 Å². The van der Waals surface area contributed by atoms with Crippen LogP contribution < -0.4 is 0 Å². The second kappa shape index (κ2) is 5.03. The predicted molar refractivity (Wildman–Crippen MR) is 52.2 cm³/mol. The number of rotatable bonds is 3. The monoisotopic (exact) mass is 218 g/mol. The minimum atomic E-state index is -1.13. The molecule has 3 unspecified atom stereocenters. The fraction of sp³-hybridized carbons (Fsp3) is 0.900. The normalized spacial score (nSPS) is 41.5. The first-order chi connectivity index (χ1) is 6.97. The van der Waals surface area contributed by atoms with E-state index in [2.05, 4.69) is 0 Å². The molecular weight excluding hydrogens is 200 g/mol. The average molecular weight is 218 g/mol. The van der Waals surface area contributed by atoms with E-state index in [0.29, 0.717) is 0 Å². The Kier molecular flexibility index (Phi) is 4.21. The molecule has 5 atom stereocenters. The summed E-state index contributed by atoms with van der Waals surface area (Å²) in [7, 11) is 0. The number of aliphatic hydroxyl groups is 3. The fourth-order valence-corrected chi connectivity index (χ4v) is 1.98. The molecule has 5 heteroatoms. The Bertz CT molecular complexity index is 230. The van der Waals surface area contributed by atoms with Gasteiger partial charge in [-0.2, -0.15) is 0 Å². The molecule has 0 amide bonds. The molecule has 1 aliphatic heterocycles. The highest BCUT2D eigenvalue weighted by molar-refractivity contribution is 5.75. The van der Waals surface area contributed by atoms with Gasteiger partial charge in [-0.15, -0.1) is 0 Å². The Morgan fingerprint density at radius 3 is 2.40 bits per heavy atom. The van der Waals surface area contributed by atoms with Crippen LogP contribution in [0.5, 0.6) is 0 Å². The summed E-state index contributed by atoms with van der Waals surface area (Å²) < 4.78 is 5.32. The van der Waals surface area contributed by atoms with Crippen molar-refractivity contribution in [3.8, 4) is 0 Å². The van der Waals surface area contributed by atoms with Gasteiger partial charge in [0.15, 0.2) is 0 Å². The Balaban J connectivity index is 2.70. The Labute approximate surface area is 88.7 Å². The van der Waals surface area contributed by atoms with Crippen molar-refractivity contribution in [2.75, 3.05) is 6.61 Å². The van der Waals surface area contributed by atoms with Crippen molar-refractivity contribution in [1.82, 2.24) is 0 Å². The number of aliphatic hydroxyl groups excluding tert-OH is 3. The lowest BCUT2D eigenvalue weighted by Crippen LogP contribution is -2.55. The molecule has 1 saturated heterocycles. The van der Waals surface area contributed by atoms with Crippen LogP contribution in [0.25, 0.3) is 0 Å². The van der Waals surface area contributed by atoms with Crippen molar-refractivity contribution in [1.29, 1.82) is 0 Å².